The maximum atomic E-state index is 10.3. The maximum absolute atomic E-state index is 10.3. The van der Waals surface area contributed by atoms with Gasteiger partial charge >= 0.3 is 0 Å². The van der Waals surface area contributed by atoms with Crippen molar-refractivity contribution in [1.29, 1.82) is 0 Å². The van der Waals surface area contributed by atoms with E-state index in [-0.39, 0.29) is 5.89 Å². The van der Waals surface area contributed by atoms with Crippen LogP contribution < -0.4 is 5.32 Å². The molecule has 6 heteroatoms. The van der Waals surface area contributed by atoms with Crippen LogP contribution in [-0.2, 0) is 5.60 Å². The Hall–Kier alpha value is -1.24. The molecule has 1 aromatic heterocycles. The fraction of sp³-hybridized carbons (Fsp3) is 0.333. The second-order valence-electron chi connectivity index (χ2n) is 4.39. The van der Waals surface area contributed by atoms with Crippen LogP contribution in [0, 0.1) is 0 Å². The minimum atomic E-state index is -1.03. The molecule has 1 atom stereocenters. The molecule has 1 aromatic carbocycles. The Morgan fingerprint density at radius 2 is 2.33 bits per heavy atom. The Balaban J connectivity index is 1.94. The lowest BCUT2D eigenvalue weighted by atomic mass is 10.0. The van der Waals surface area contributed by atoms with Crippen molar-refractivity contribution in [2.24, 2.45) is 0 Å². The molecule has 1 saturated heterocycles. The lowest BCUT2D eigenvalue weighted by Crippen LogP contribution is -2.28. The molecule has 0 spiro atoms. The number of rotatable bonds is 2. The summed E-state index contributed by atoms with van der Waals surface area (Å²) < 4.78 is 6.13. The van der Waals surface area contributed by atoms with Crippen molar-refractivity contribution in [2.75, 3.05) is 13.1 Å². The smallest absolute Gasteiger partial charge is 0.260 e. The van der Waals surface area contributed by atoms with Gasteiger partial charge in [0.2, 0.25) is 5.82 Å². The molecule has 1 aliphatic heterocycles. The van der Waals surface area contributed by atoms with Crippen molar-refractivity contribution in [2.45, 2.75) is 12.0 Å². The van der Waals surface area contributed by atoms with Crippen LogP contribution in [0.25, 0.3) is 11.4 Å². The summed E-state index contributed by atoms with van der Waals surface area (Å²) in [6.07, 6.45) is 0.590. The molecule has 18 heavy (non-hydrogen) atoms. The first-order valence-corrected chi connectivity index (χ1v) is 6.50. The van der Waals surface area contributed by atoms with E-state index in [1.54, 1.807) is 0 Å². The highest BCUT2D eigenvalue weighted by atomic mass is 79.9. The van der Waals surface area contributed by atoms with Crippen LogP contribution in [-0.4, -0.2) is 28.3 Å². The number of aliphatic hydroxyl groups is 1. The van der Waals surface area contributed by atoms with Crippen LogP contribution in [0.2, 0.25) is 0 Å². The van der Waals surface area contributed by atoms with Crippen molar-refractivity contribution in [3.63, 3.8) is 0 Å². The van der Waals surface area contributed by atoms with Crippen LogP contribution in [0.5, 0.6) is 0 Å². The average molecular weight is 310 g/mol. The summed E-state index contributed by atoms with van der Waals surface area (Å²) in [4.78, 5) is 4.29. The lowest BCUT2D eigenvalue weighted by Gasteiger charge is -2.14. The Morgan fingerprint density at radius 3 is 3.06 bits per heavy atom. The minimum absolute atomic E-state index is 0.280. The van der Waals surface area contributed by atoms with Crippen molar-refractivity contribution < 1.29 is 9.63 Å². The second-order valence-corrected chi connectivity index (χ2v) is 5.31. The fourth-order valence-corrected chi connectivity index (χ4v) is 2.42. The number of aromatic nitrogens is 2. The number of halogens is 1. The van der Waals surface area contributed by atoms with Crippen molar-refractivity contribution >= 4 is 15.9 Å². The number of hydrogen-bond donors (Lipinski definition) is 2. The van der Waals surface area contributed by atoms with Gasteiger partial charge < -0.3 is 14.9 Å². The van der Waals surface area contributed by atoms with E-state index in [4.69, 9.17) is 4.52 Å². The average Bonchev–Trinajstić information content (AvgIpc) is 2.98. The van der Waals surface area contributed by atoms with Crippen molar-refractivity contribution in [1.82, 2.24) is 15.5 Å². The topological polar surface area (TPSA) is 71.2 Å². The number of nitrogens with zero attached hydrogens (tertiary/aromatic N) is 2. The molecular weight excluding hydrogens is 298 g/mol. The first-order chi connectivity index (χ1) is 8.67. The van der Waals surface area contributed by atoms with E-state index in [1.165, 1.54) is 0 Å². The first kappa shape index (κ1) is 11.8. The Morgan fingerprint density at radius 1 is 1.44 bits per heavy atom. The van der Waals surface area contributed by atoms with E-state index in [2.05, 4.69) is 31.4 Å². The molecule has 94 valence electrons. The summed E-state index contributed by atoms with van der Waals surface area (Å²) in [6.45, 7) is 1.21. The summed E-state index contributed by atoms with van der Waals surface area (Å²) >= 11 is 3.40. The van der Waals surface area contributed by atoms with Crippen LogP contribution in [0.15, 0.2) is 33.3 Å². The molecular formula is C12H12BrN3O2. The van der Waals surface area contributed by atoms with Crippen LogP contribution in [0.4, 0.5) is 0 Å². The van der Waals surface area contributed by atoms with Gasteiger partial charge in [0.1, 0.15) is 0 Å². The minimum Gasteiger partial charge on any atom is -0.379 e. The van der Waals surface area contributed by atoms with Gasteiger partial charge in [0.25, 0.3) is 5.89 Å². The van der Waals surface area contributed by atoms with Gasteiger partial charge in [-0.05, 0) is 25.1 Å². The van der Waals surface area contributed by atoms with Gasteiger partial charge in [0.05, 0.1) is 0 Å². The summed E-state index contributed by atoms with van der Waals surface area (Å²) in [5.74, 6) is 0.772. The van der Waals surface area contributed by atoms with Gasteiger partial charge in [0, 0.05) is 16.6 Å². The molecule has 0 aliphatic carbocycles. The highest BCUT2D eigenvalue weighted by Gasteiger charge is 2.38. The zero-order valence-corrected chi connectivity index (χ0v) is 11.1. The molecule has 2 N–H and O–H groups in total. The number of benzene rings is 1. The van der Waals surface area contributed by atoms with E-state index in [1.807, 2.05) is 24.3 Å². The normalized spacial score (nSPS) is 23.4. The zero-order chi connectivity index (χ0) is 12.6. The molecule has 2 aromatic rings. The van der Waals surface area contributed by atoms with Gasteiger partial charge in [-0.2, -0.15) is 4.98 Å². The number of nitrogens with one attached hydrogen (secondary N) is 1. The van der Waals surface area contributed by atoms with Gasteiger partial charge in [0.15, 0.2) is 5.60 Å². The van der Waals surface area contributed by atoms with E-state index in [0.717, 1.165) is 16.6 Å². The summed E-state index contributed by atoms with van der Waals surface area (Å²) in [5.41, 5.74) is -0.175. The fourth-order valence-electron chi connectivity index (χ4n) is 2.02. The van der Waals surface area contributed by atoms with E-state index in [0.29, 0.717) is 18.8 Å². The third-order valence-corrected chi connectivity index (χ3v) is 3.53. The number of hydrogen-bond acceptors (Lipinski definition) is 5. The van der Waals surface area contributed by atoms with Gasteiger partial charge in [-0.3, -0.25) is 0 Å². The molecule has 0 saturated carbocycles. The standard InChI is InChI=1S/C12H12BrN3O2/c13-9-3-1-2-8(6-9)10-15-11(18-16-10)12(17)4-5-14-7-12/h1-3,6,14,17H,4-5,7H2. The summed E-state index contributed by atoms with van der Waals surface area (Å²) in [7, 11) is 0. The van der Waals surface area contributed by atoms with E-state index >= 15 is 0 Å². The SMILES string of the molecule is OC1(c2nc(-c3cccc(Br)c3)no2)CCNC1. The number of β-amino-alcohol motifs (C(OH)–C–C–N with tert-alkyl or cyclic N) is 1. The van der Waals surface area contributed by atoms with Crippen molar-refractivity contribution in [3.05, 3.63) is 34.6 Å². The molecule has 0 radical (unpaired) electrons. The maximum Gasteiger partial charge on any atom is 0.260 e. The monoisotopic (exact) mass is 309 g/mol. The molecule has 1 unspecified atom stereocenters. The molecule has 0 amide bonds. The molecule has 1 fully saturated rings. The largest absolute Gasteiger partial charge is 0.379 e. The van der Waals surface area contributed by atoms with Crippen LogP contribution in [0.1, 0.15) is 12.3 Å². The highest BCUT2D eigenvalue weighted by molar-refractivity contribution is 9.10. The van der Waals surface area contributed by atoms with Gasteiger partial charge in [-0.15, -0.1) is 0 Å². The van der Waals surface area contributed by atoms with Gasteiger partial charge in [-0.1, -0.05) is 33.2 Å². The molecule has 3 rings (SSSR count). The van der Waals surface area contributed by atoms with Crippen molar-refractivity contribution in [3.8, 4) is 11.4 Å². The van der Waals surface area contributed by atoms with Crippen LogP contribution in [0.3, 0.4) is 0 Å². The molecule has 5 nitrogen and oxygen atoms in total. The predicted octanol–water partition coefficient (Wildman–Crippen LogP) is 1.68. The summed E-state index contributed by atoms with van der Waals surface area (Å²) in [5, 5.41) is 17.3. The lowest BCUT2D eigenvalue weighted by molar-refractivity contribution is 0.0243. The summed E-state index contributed by atoms with van der Waals surface area (Å²) in [6, 6.07) is 7.64. The van der Waals surface area contributed by atoms with Crippen LogP contribution >= 0.6 is 15.9 Å². The highest BCUT2D eigenvalue weighted by Crippen LogP contribution is 2.28. The second kappa shape index (κ2) is 4.46. The van der Waals surface area contributed by atoms with E-state index < -0.39 is 5.60 Å². The third kappa shape index (κ3) is 2.07. The third-order valence-electron chi connectivity index (χ3n) is 3.04. The molecule has 0 bridgehead atoms. The zero-order valence-electron chi connectivity index (χ0n) is 9.56. The predicted molar refractivity (Wildman–Crippen MR) is 68.8 cm³/mol. The molecule has 1 aliphatic rings. The molecule has 2 heterocycles. The van der Waals surface area contributed by atoms with Gasteiger partial charge in [-0.25, -0.2) is 0 Å². The van der Waals surface area contributed by atoms with E-state index in [9.17, 15) is 5.11 Å². The Kier molecular flexibility index (Phi) is 2.93. The quantitative estimate of drug-likeness (QED) is 0.883. The first-order valence-electron chi connectivity index (χ1n) is 5.71. The Bertz CT molecular complexity index is 564. The Labute approximate surface area is 112 Å².